The average molecular weight is 434 g/mol. The van der Waals surface area contributed by atoms with Gasteiger partial charge in [-0.15, -0.1) is 0 Å². The number of rotatable bonds is 5. The Bertz CT molecular complexity index is 936. The van der Waals surface area contributed by atoms with Gasteiger partial charge in [0.15, 0.2) is 0 Å². The van der Waals surface area contributed by atoms with Gasteiger partial charge >= 0.3 is 18.3 Å². The molecule has 0 spiro atoms. The Morgan fingerprint density at radius 2 is 1.27 bits per heavy atom. The van der Waals surface area contributed by atoms with Gasteiger partial charge in [0.25, 0.3) is 11.8 Å². The number of anilines is 1. The molecule has 2 rings (SSSR count). The Labute approximate surface area is 164 Å². The number of amides is 2. The fraction of sp³-hybridized carbons (Fsp3) is 0.167. The van der Waals surface area contributed by atoms with Crippen LogP contribution in [0.3, 0.4) is 0 Å². The number of halogens is 6. The maximum Gasteiger partial charge on any atom is 0.416 e. The summed E-state index contributed by atoms with van der Waals surface area (Å²) < 4.78 is 77.3. The number of hydrogen-bond donors (Lipinski definition) is 3. The molecule has 30 heavy (non-hydrogen) atoms. The molecule has 0 heterocycles. The monoisotopic (exact) mass is 434 g/mol. The van der Waals surface area contributed by atoms with Crippen LogP contribution in [-0.4, -0.2) is 29.4 Å². The molecule has 12 heteroatoms. The fourth-order valence-corrected chi connectivity index (χ4v) is 2.25. The summed E-state index contributed by atoms with van der Waals surface area (Å²) in [5, 5.41) is 12.7. The van der Waals surface area contributed by atoms with Crippen molar-refractivity contribution in [3.05, 3.63) is 64.7 Å². The van der Waals surface area contributed by atoms with Crippen molar-refractivity contribution in [3.8, 4) is 0 Å². The number of benzene rings is 2. The lowest BCUT2D eigenvalue weighted by Gasteiger charge is -2.14. The van der Waals surface area contributed by atoms with Gasteiger partial charge in [-0.3, -0.25) is 14.4 Å². The van der Waals surface area contributed by atoms with Crippen molar-refractivity contribution >= 4 is 23.5 Å². The molecule has 0 aliphatic rings. The molecular formula is C18H12F6N2O4. The number of hydrogen-bond acceptors (Lipinski definition) is 3. The molecule has 0 atom stereocenters. The smallest absolute Gasteiger partial charge is 0.416 e. The van der Waals surface area contributed by atoms with Gasteiger partial charge in [-0.1, -0.05) is 0 Å². The molecule has 2 amide bonds. The van der Waals surface area contributed by atoms with Crippen LogP contribution in [0.5, 0.6) is 0 Å². The third-order valence-electron chi connectivity index (χ3n) is 3.65. The predicted octanol–water partition coefficient (Wildman–Crippen LogP) is 3.79. The molecule has 0 saturated carbocycles. The molecule has 0 aliphatic heterocycles. The first-order chi connectivity index (χ1) is 13.8. The van der Waals surface area contributed by atoms with Crippen LogP contribution in [0.15, 0.2) is 42.5 Å². The van der Waals surface area contributed by atoms with E-state index < -0.39 is 53.4 Å². The first-order valence-corrected chi connectivity index (χ1v) is 7.98. The van der Waals surface area contributed by atoms with Crippen molar-refractivity contribution < 1.29 is 45.8 Å². The molecule has 0 radical (unpaired) electrons. The Kier molecular flexibility index (Phi) is 6.38. The lowest BCUT2D eigenvalue weighted by Crippen LogP contribution is -2.29. The van der Waals surface area contributed by atoms with Gasteiger partial charge in [0.2, 0.25) is 0 Å². The topological polar surface area (TPSA) is 95.5 Å². The molecule has 0 fully saturated rings. The molecule has 160 valence electrons. The zero-order valence-corrected chi connectivity index (χ0v) is 14.7. The summed E-state index contributed by atoms with van der Waals surface area (Å²) in [6, 6.07) is 5.19. The second-order valence-electron chi connectivity index (χ2n) is 5.90. The highest BCUT2D eigenvalue weighted by Crippen LogP contribution is 2.36. The summed E-state index contributed by atoms with van der Waals surface area (Å²) in [5.41, 5.74) is -4.12. The third kappa shape index (κ3) is 5.96. The van der Waals surface area contributed by atoms with Crippen LogP contribution in [-0.2, 0) is 17.1 Å². The van der Waals surface area contributed by atoms with E-state index in [0.717, 1.165) is 0 Å². The Morgan fingerprint density at radius 1 is 0.767 bits per heavy atom. The number of carboxylic acids is 1. The van der Waals surface area contributed by atoms with Crippen molar-refractivity contribution in [3.63, 3.8) is 0 Å². The number of carboxylic acid groups (broad SMARTS) is 1. The summed E-state index contributed by atoms with van der Waals surface area (Å²) in [5.74, 6) is -3.23. The van der Waals surface area contributed by atoms with Crippen molar-refractivity contribution in [1.82, 2.24) is 5.32 Å². The zero-order valence-electron chi connectivity index (χ0n) is 14.7. The van der Waals surface area contributed by atoms with Gasteiger partial charge in [0.05, 0.1) is 11.1 Å². The molecule has 0 unspecified atom stereocenters. The molecule has 0 aliphatic carbocycles. The van der Waals surface area contributed by atoms with Gasteiger partial charge in [-0.05, 0) is 42.5 Å². The summed E-state index contributed by atoms with van der Waals surface area (Å²) in [6.07, 6.45) is -10.2. The van der Waals surface area contributed by atoms with Crippen molar-refractivity contribution in [1.29, 1.82) is 0 Å². The van der Waals surface area contributed by atoms with Crippen molar-refractivity contribution in [2.45, 2.75) is 12.4 Å². The second-order valence-corrected chi connectivity index (χ2v) is 5.90. The molecule has 2 aromatic rings. The van der Waals surface area contributed by atoms with E-state index in [9.17, 15) is 40.7 Å². The molecule has 3 N–H and O–H groups in total. The van der Waals surface area contributed by atoms with E-state index in [4.69, 9.17) is 5.11 Å². The molecule has 0 aromatic heterocycles. The first-order valence-electron chi connectivity index (χ1n) is 7.98. The minimum absolute atomic E-state index is 0.0132. The quantitative estimate of drug-likeness (QED) is 0.624. The van der Waals surface area contributed by atoms with Crippen molar-refractivity contribution in [2.75, 3.05) is 11.9 Å². The molecular weight excluding hydrogens is 422 g/mol. The maximum atomic E-state index is 12.9. The number of nitrogens with one attached hydrogen (secondary N) is 2. The summed E-state index contributed by atoms with van der Waals surface area (Å²) >= 11 is 0. The zero-order chi connectivity index (χ0) is 22.7. The van der Waals surface area contributed by atoms with E-state index in [-0.39, 0.29) is 29.4 Å². The van der Waals surface area contributed by atoms with Crippen LogP contribution in [0, 0.1) is 0 Å². The van der Waals surface area contributed by atoms with E-state index in [2.05, 4.69) is 10.6 Å². The second kappa shape index (κ2) is 8.43. The molecule has 0 bridgehead atoms. The molecule has 6 nitrogen and oxygen atoms in total. The summed E-state index contributed by atoms with van der Waals surface area (Å²) in [6.45, 7) is -0.631. The minimum atomic E-state index is -5.10. The fourth-order valence-electron chi connectivity index (χ4n) is 2.25. The molecule has 0 saturated heterocycles. The predicted molar refractivity (Wildman–Crippen MR) is 90.8 cm³/mol. The highest BCUT2D eigenvalue weighted by atomic mass is 19.4. The van der Waals surface area contributed by atoms with Crippen LogP contribution < -0.4 is 10.6 Å². The summed E-state index contributed by atoms with van der Waals surface area (Å²) in [4.78, 5) is 34.3. The Balaban J connectivity index is 2.23. The lowest BCUT2D eigenvalue weighted by molar-refractivity contribution is -0.143. The number of aliphatic carboxylic acids is 1. The average Bonchev–Trinajstić information content (AvgIpc) is 2.64. The number of alkyl halides is 6. The lowest BCUT2D eigenvalue weighted by atomic mass is 10.0. The number of carbonyl (C=O) groups excluding carboxylic acids is 2. The van der Waals surface area contributed by atoms with Crippen LogP contribution in [0.4, 0.5) is 32.0 Å². The van der Waals surface area contributed by atoms with E-state index in [1.54, 1.807) is 0 Å². The van der Waals surface area contributed by atoms with Crippen LogP contribution in [0.2, 0.25) is 0 Å². The Morgan fingerprint density at radius 3 is 1.70 bits per heavy atom. The van der Waals surface area contributed by atoms with Gasteiger partial charge in [0.1, 0.15) is 6.54 Å². The van der Waals surface area contributed by atoms with Crippen molar-refractivity contribution in [2.24, 2.45) is 0 Å². The minimum Gasteiger partial charge on any atom is -0.480 e. The Hall–Kier alpha value is -3.57. The standard InChI is InChI=1S/C18H12F6N2O4/c19-17(20,21)11-5-10(6-12(7-11)18(22,23)24)16(30)26-13-3-1-9(2-4-13)15(29)25-8-14(27)28/h1-7H,8H2,(H,25,29)(H,26,30)(H,27,28). The molecule has 2 aromatic carbocycles. The van der Waals surface area contributed by atoms with E-state index in [0.29, 0.717) is 0 Å². The third-order valence-corrected chi connectivity index (χ3v) is 3.65. The highest BCUT2D eigenvalue weighted by molar-refractivity contribution is 6.05. The van der Waals surface area contributed by atoms with E-state index >= 15 is 0 Å². The highest BCUT2D eigenvalue weighted by Gasteiger charge is 2.37. The maximum absolute atomic E-state index is 12.9. The SMILES string of the molecule is O=C(O)CNC(=O)c1ccc(NC(=O)c2cc(C(F)(F)F)cc(C(F)(F)F)c2)cc1. The van der Waals surface area contributed by atoms with E-state index in [1.807, 2.05) is 0 Å². The number of carbonyl (C=O) groups is 3. The largest absolute Gasteiger partial charge is 0.480 e. The van der Waals surface area contributed by atoms with Gasteiger partial charge in [0, 0.05) is 16.8 Å². The normalized spacial score (nSPS) is 11.7. The van der Waals surface area contributed by atoms with Crippen LogP contribution in [0.1, 0.15) is 31.8 Å². The van der Waals surface area contributed by atoms with Gasteiger partial charge < -0.3 is 15.7 Å². The first kappa shape index (κ1) is 22.7. The van der Waals surface area contributed by atoms with Gasteiger partial charge in [-0.25, -0.2) is 0 Å². The van der Waals surface area contributed by atoms with Gasteiger partial charge in [-0.2, -0.15) is 26.3 Å². The van der Waals surface area contributed by atoms with Crippen LogP contribution >= 0.6 is 0 Å². The van der Waals surface area contributed by atoms with E-state index in [1.165, 1.54) is 24.3 Å². The summed E-state index contributed by atoms with van der Waals surface area (Å²) in [7, 11) is 0. The van der Waals surface area contributed by atoms with Crippen LogP contribution in [0.25, 0.3) is 0 Å².